The van der Waals surface area contributed by atoms with E-state index in [4.69, 9.17) is 23.2 Å². The van der Waals surface area contributed by atoms with Gasteiger partial charge in [-0.2, -0.15) is 4.31 Å². The lowest BCUT2D eigenvalue weighted by Gasteiger charge is -2.38. The van der Waals surface area contributed by atoms with E-state index >= 15 is 0 Å². The molecule has 0 radical (unpaired) electrons. The van der Waals surface area contributed by atoms with Crippen LogP contribution >= 0.6 is 23.2 Å². The number of amides is 1. The molecule has 224 valence electrons. The van der Waals surface area contributed by atoms with Gasteiger partial charge in [0.05, 0.1) is 21.0 Å². The highest BCUT2D eigenvalue weighted by atomic mass is 35.5. The number of rotatable bonds is 9. The number of nitrogens with zero attached hydrogens (tertiary/aromatic N) is 2. The van der Waals surface area contributed by atoms with Crippen LogP contribution in [0.25, 0.3) is 0 Å². The maximum Gasteiger partial charge on any atom is 0.243 e. The van der Waals surface area contributed by atoms with Crippen molar-refractivity contribution in [2.24, 2.45) is 11.8 Å². The maximum absolute atomic E-state index is 13.8. The Morgan fingerprint density at radius 3 is 2.33 bits per heavy atom. The second-order valence-electron chi connectivity index (χ2n) is 11.8. The van der Waals surface area contributed by atoms with E-state index in [1.807, 2.05) is 24.3 Å². The molecule has 1 aliphatic heterocycles. The molecule has 1 fully saturated rings. The van der Waals surface area contributed by atoms with Gasteiger partial charge in [0.15, 0.2) is 0 Å². The Balaban J connectivity index is 1.24. The van der Waals surface area contributed by atoms with Gasteiger partial charge in [-0.15, -0.1) is 0 Å². The molecule has 1 N–H and O–H groups in total. The third kappa shape index (κ3) is 6.87. The summed E-state index contributed by atoms with van der Waals surface area (Å²) in [7, 11) is 0.390. The van der Waals surface area contributed by atoms with Crippen LogP contribution in [0.1, 0.15) is 60.9 Å². The number of benzene rings is 3. The van der Waals surface area contributed by atoms with Gasteiger partial charge in [-0.3, -0.25) is 4.79 Å². The first-order valence-corrected chi connectivity index (χ1v) is 16.9. The van der Waals surface area contributed by atoms with Gasteiger partial charge in [-0.1, -0.05) is 77.8 Å². The van der Waals surface area contributed by atoms with Gasteiger partial charge in [0, 0.05) is 25.6 Å². The fraction of sp³-hybridized carbons (Fsp3) is 0.424. The van der Waals surface area contributed by atoms with Crippen molar-refractivity contribution >= 4 is 39.1 Å². The fourth-order valence-electron chi connectivity index (χ4n) is 6.76. The van der Waals surface area contributed by atoms with Crippen LogP contribution in [0.15, 0.2) is 77.7 Å². The molecule has 1 aliphatic carbocycles. The maximum atomic E-state index is 13.8. The number of hydrogen-bond acceptors (Lipinski definition) is 4. The van der Waals surface area contributed by atoms with Crippen LogP contribution in [0, 0.1) is 11.8 Å². The molecule has 2 unspecified atom stereocenters. The van der Waals surface area contributed by atoms with Crippen molar-refractivity contribution < 1.29 is 13.2 Å². The van der Waals surface area contributed by atoms with Gasteiger partial charge in [0.1, 0.15) is 0 Å². The average molecular weight is 629 g/mol. The lowest BCUT2D eigenvalue weighted by molar-refractivity contribution is -0.122. The molecule has 1 saturated carbocycles. The summed E-state index contributed by atoms with van der Waals surface area (Å²) in [5, 5.41) is 3.62. The van der Waals surface area contributed by atoms with E-state index in [-0.39, 0.29) is 28.8 Å². The monoisotopic (exact) mass is 627 g/mol. The molecule has 3 aromatic rings. The smallest absolute Gasteiger partial charge is 0.243 e. The number of carbonyl (C=O) groups is 1. The van der Waals surface area contributed by atoms with Crippen LogP contribution in [0.5, 0.6) is 0 Å². The molecule has 1 heterocycles. The van der Waals surface area contributed by atoms with Crippen LogP contribution in [-0.4, -0.2) is 50.7 Å². The van der Waals surface area contributed by atoms with Crippen molar-refractivity contribution in [2.75, 3.05) is 27.2 Å². The van der Waals surface area contributed by atoms with Crippen molar-refractivity contribution in [2.45, 2.75) is 55.5 Å². The lowest BCUT2D eigenvalue weighted by Crippen LogP contribution is -2.42. The zero-order valence-electron chi connectivity index (χ0n) is 24.2. The summed E-state index contributed by atoms with van der Waals surface area (Å²) in [5.41, 5.74) is 3.30. The van der Waals surface area contributed by atoms with Gasteiger partial charge in [-0.25, -0.2) is 8.42 Å². The second kappa shape index (κ2) is 13.5. The highest BCUT2D eigenvalue weighted by Gasteiger charge is 2.38. The van der Waals surface area contributed by atoms with Crippen molar-refractivity contribution in [3.63, 3.8) is 0 Å². The summed E-state index contributed by atoms with van der Waals surface area (Å²) in [6.45, 7) is 0.896. The van der Waals surface area contributed by atoms with Gasteiger partial charge in [0.2, 0.25) is 15.9 Å². The largest absolute Gasteiger partial charge is 0.356 e. The highest BCUT2D eigenvalue weighted by molar-refractivity contribution is 7.89. The first-order valence-electron chi connectivity index (χ1n) is 14.7. The molecule has 2 aliphatic rings. The summed E-state index contributed by atoms with van der Waals surface area (Å²) in [5.74, 6) is 0.857. The Bertz CT molecular complexity index is 1490. The Labute approximate surface area is 260 Å². The Hall–Kier alpha value is -2.42. The molecule has 0 bridgehead atoms. The summed E-state index contributed by atoms with van der Waals surface area (Å²) in [4.78, 5) is 15.7. The first kappa shape index (κ1) is 31.0. The number of halogens is 2. The quantitative estimate of drug-likeness (QED) is 0.280. The summed E-state index contributed by atoms with van der Waals surface area (Å²) in [6, 6.07) is 22.6. The predicted octanol–water partition coefficient (Wildman–Crippen LogP) is 6.90. The van der Waals surface area contributed by atoms with E-state index in [9.17, 15) is 13.2 Å². The number of nitrogens with one attached hydrogen (secondary N) is 1. The number of fused-ring (bicyclic) bond motifs is 1. The fourth-order valence-corrected chi connectivity index (χ4v) is 8.75. The third-order valence-electron chi connectivity index (χ3n) is 8.86. The zero-order chi connectivity index (χ0) is 29.9. The Morgan fingerprint density at radius 1 is 0.952 bits per heavy atom. The standard InChI is InChI=1S/C33H39Cl2N3O3S/c1-37(2)33(25-9-4-3-5-10-25)26-14-12-23(13-15-26)22-36-32(39)21-31-28-11-7-6-8-24(28)18-19-38(31)42(40,41)27-16-17-29(34)30(35)20-27/h3-11,16-17,20,23,26,31,33H,12-15,18-19,21-22H2,1-2H3,(H,36,39). The molecule has 9 heteroatoms. The van der Waals surface area contributed by atoms with Crippen molar-refractivity contribution in [3.8, 4) is 0 Å². The summed E-state index contributed by atoms with van der Waals surface area (Å²) >= 11 is 12.2. The first-order chi connectivity index (χ1) is 20.1. The van der Waals surface area contributed by atoms with Gasteiger partial charge >= 0.3 is 0 Å². The van der Waals surface area contributed by atoms with Crippen LogP contribution in [0.3, 0.4) is 0 Å². The molecule has 3 aromatic carbocycles. The minimum absolute atomic E-state index is 0.0591. The van der Waals surface area contributed by atoms with Crippen LogP contribution in [0.2, 0.25) is 10.0 Å². The Morgan fingerprint density at radius 2 is 1.64 bits per heavy atom. The van der Waals surface area contributed by atoms with Gasteiger partial charge in [-0.05, 0) is 92.9 Å². The van der Waals surface area contributed by atoms with E-state index in [1.54, 1.807) is 0 Å². The van der Waals surface area contributed by atoms with Gasteiger partial charge in [0.25, 0.3) is 0 Å². The molecule has 0 saturated heterocycles. The number of sulfonamides is 1. The Kier molecular flexibility index (Phi) is 9.95. The SMILES string of the molecule is CN(C)C(c1ccccc1)C1CCC(CNC(=O)CC2c3ccccc3CCN2S(=O)(=O)c2ccc(Cl)c(Cl)c2)CC1. The topological polar surface area (TPSA) is 69.7 Å². The second-order valence-corrected chi connectivity index (χ2v) is 14.5. The molecule has 0 aromatic heterocycles. The van der Waals surface area contributed by atoms with Crippen LogP contribution < -0.4 is 5.32 Å². The van der Waals surface area contributed by atoms with Gasteiger partial charge < -0.3 is 10.2 Å². The molecule has 0 spiro atoms. The molecular formula is C33H39Cl2N3O3S. The minimum atomic E-state index is -3.91. The zero-order valence-corrected chi connectivity index (χ0v) is 26.5. The van der Waals surface area contributed by atoms with Crippen molar-refractivity contribution in [1.29, 1.82) is 0 Å². The summed E-state index contributed by atoms with van der Waals surface area (Å²) in [6.07, 6.45) is 4.99. The van der Waals surface area contributed by atoms with Crippen molar-refractivity contribution in [3.05, 3.63) is 99.5 Å². The third-order valence-corrected chi connectivity index (χ3v) is 11.5. The van der Waals surface area contributed by atoms with Crippen LogP contribution in [-0.2, 0) is 21.2 Å². The number of carbonyl (C=O) groups excluding carboxylic acids is 1. The molecule has 1 amide bonds. The van der Waals surface area contributed by atoms with E-state index in [2.05, 4.69) is 54.6 Å². The van der Waals surface area contributed by atoms with E-state index < -0.39 is 16.1 Å². The molecular weight excluding hydrogens is 589 g/mol. The molecule has 2 atom stereocenters. The lowest BCUT2D eigenvalue weighted by atomic mass is 9.76. The van der Waals surface area contributed by atoms with E-state index in [1.165, 1.54) is 28.1 Å². The molecule has 42 heavy (non-hydrogen) atoms. The average Bonchev–Trinajstić information content (AvgIpc) is 2.98. The predicted molar refractivity (Wildman–Crippen MR) is 169 cm³/mol. The number of hydrogen-bond donors (Lipinski definition) is 1. The molecule has 6 nitrogen and oxygen atoms in total. The summed E-state index contributed by atoms with van der Waals surface area (Å²) < 4.78 is 29.0. The van der Waals surface area contributed by atoms with E-state index in [0.29, 0.717) is 35.9 Å². The molecule has 5 rings (SSSR count). The van der Waals surface area contributed by atoms with Crippen molar-refractivity contribution in [1.82, 2.24) is 14.5 Å². The minimum Gasteiger partial charge on any atom is -0.356 e. The van der Waals surface area contributed by atoms with E-state index in [0.717, 1.165) is 36.8 Å². The normalized spacial score (nSPS) is 22.0. The van der Waals surface area contributed by atoms with Crippen LogP contribution in [0.4, 0.5) is 0 Å². The highest BCUT2D eigenvalue weighted by Crippen LogP contribution is 2.40.